The fourth-order valence-electron chi connectivity index (χ4n) is 2.51. The third-order valence-electron chi connectivity index (χ3n) is 3.56. The Morgan fingerprint density at radius 3 is 2.59 bits per heavy atom. The number of aliphatic imine (C=N–C) groups is 1. The minimum Gasteiger partial charge on any atom is -0.508 e. The number of benzene rings is 1. The summed E-state index contributed by atoms with van der Waals surface area (Å²) in [6.07, 6.45) is 4.36. The zero-order valence-electron chi connectivity index (χ0n) is 12.4. The summed E-state index contributed by atoms with van der Waals surface area (Å²) in [5, 5.41) is 9.70. The second kappa shape index (κ2) is 7.74. The van der Waals surface area contributed by atoms with Crippen LogP contribution < -0.4 is 0 Å². The van der Waals surface area contributed by atoms with Gasteiger partial charge in [0.15, 0.2) is 0 Å². The lowest BCUT2D eigenvalue weighted by Crippen LogP contribution is -2.28. The number of pyridine rings is 1. The molecule has 1 unspecified atom stereocenters. The number of phenols is 1. The van der Waals surface area contributed by atoms with Gasteiger partial charge in [0.1, 0.15) is 17.6 Å². The van der Waals surface area contributed by atoms with Crippen LogP contribution in [0.3, 0.4) is 0 Å². The molecule has 0 radical (unpaired) electrons. The number of likely N-dealkylation sites (N-methyl/N-ethyl adjacent to an activating group) is 1. The molecule has 22 heavy (non-hydrogen) atoms. The third kappa shape index (κ3) is 3.67. The highest BCUT2D eigenvalue weighted by atomic mass is 79.9. The van der Waals surface area contributed by atoms with E-state index in [9.17, 15) is 5.11 Å². The normalized spacial score (nSPS) is 15.7. The number of amidine groups is 1. The van der Waals surface area contributed by atoms with Crippen molar-refractivity contribution < 1.29 is 5.11 Å². The van der Waals surface area contributed by atoms with Gasteiger partial charge in [-0.3, -0.25) is 9.98 Å². The van der Waals surface area contributed by atoms with Crippen LogP contribution in [0, 0.1) is 0 Å². The zero-order chi connectivity index (χ0) is 14.1. The standard InChI is InChI=1S/C16H17N3O.2BrH/c1-19(2)15-9-12-8-13(20)5-6-14(12)16(18-15)11-4-3-7-17-10-11;;/h3-8,10,16,20H,9H2,1-2H3;2*1H. The molecule has 2 aromatic rings. The van der Waals surface area contributed by atoms with Gasteiger partial charge in [-0.1, -0.05) is 12.1 Å². The van der Waals surface area contributed by atoms with Gasteiger partial charge < -0.3 is 10.0 Å². The summed E-state index contributed by atoms with van der Waals surface area (Å²) in [6, 6.07) is 9.42. The summed E-state index contributed by atoms with van der Waals surface area (Å²) in [5.74, 6) is 1.31. The van der Waals surface area contributed by atoms with E-state index in [1.807, 2.05) is 49.5 Å². The van der Waals surface area contributed by atoms with Crippen molar-refractivity contribution in [3.8, 4) is 5.75 Å². The molecule has 1 N–H and O–H groups in total. The summed E-state index contributed by atoms with van der Waals surface area (Å²) >= 11 is 0. The fraction of sp³-hybridized carbons (Fsp3) is 0.250. The Hall–Kier alpha value is -1.40. The Labute approximate surface area is 151 Å². The smallest absolute Gasteiger partial charge is 0.115 e. The first-order valence-corrected chi connectivity index (χ1v) is 6.61. The van der Waals surface area contributed by atoms with E-state index in [0.717, 1.165) is 28.9 Å². The molecule has 0 bridgehead atoms. The molecule has 1 aromatic heterocycles. The molecule has 118 valence electrons. The van der Waals surface area contributed by atoms with Crippen LogP contribution >= 0.6 is 34.0 Å². The van der Waals surface area contributed by atoms with Gasteiger partial charge in [-0.05, 0) is 34.9 Å². The molecule has 0 aliphatic carbocycles. The van der Waals surface area contributed by atoms with Crippen molar-refractivity contribution in [1.82, 2.24) is 9.88 Å². The SMILES string of the molecule is Br.Br.CN(C)C1=NC(c2cccnc2)c2ccc(O)cc2C1. The monoisotopic (exact) mass is 427 g/mol. The number of phenolic OH excluding ortho intramolecular Hbond substituents is 1. The van der Waals surface area contributed by atoms with Crippen LogP contribution in [-0.4, -0.2) is 34.9 Å². The maximum atomic E-state index is 9.70. The van der Waals surface area contributed by atoms with Gasteiger partial charge in [-0.25, -0.2) is 0 Å². The van der Waals surface area contributed by atoms with E-state index in [0.29, 0.717) is 5.75 Å². The van der Waals surface area contributed by atoms with Gasteiger partial charge in [0, 0.05) is 32.9 Å². The summed E-state index contributed by atoms with van der Waals surface area (Å²) in [5.41, 5.74) is 3.33. The van der Waals surface area contributed by atoms with Crippen LogP contribution in [0.2, 0.25) is 0 Å². The van der Waals surface area contributed by atoms with E-state index in [4.69, 9.17) is 4.99 Å². The summed E-state index contributed by atoms with van der Waals surface area (Å²) < 4.78 is 0. The minimum atomic E-state index is -0.0505. The first-order valence-electron chi connectivity index (χ1n) is 6.61. The predicted octanol–water partition coefficient (Wildman–Crippen LogP) is 3.55. The molecule has 0 fully saturated rings. The average Bonchev–Trinajstić information content (AvgIpc) is 2.46. The molecule has 1 aliphatic heterocycles. The van der Waals surface area contributed by atoms with Crippen molar-refractivity contribution in [3.63, 3.8) is 0 Å². The highest BCUT2D eigenvalue weighted by Crippen LogP contribution is 2.34. The highest BCUT2D eigenvalue weighted by molar-refractivity contribution is 8.93. The first kappa shape index (κ1) is 18.6. The number of aromatic hydroxyl groups is 1. The topological polar surface area (TPSA) is 48.7 Å². The Kier molecular flexibility index (Phi) is 6.56. The van der Waals surface area contributed by atoms with Crippen LogP contribution in [0.4, 0.5) is 0 Å². The van der Waals surface area contributed by atoms with Crippen LogP contribution in [-0.2, 0) is 6.42 Å². The van der Waals surface area contributed by atoms with Crippen LogP contribution in [0.5, 0.6) is 5.75 Å². The number of rotatable bonds is 1. The van der Waals surface area contributed by atoms with Gasteiger partial charge in [-0.2, -0.15) is 0 Å². The Morgan fingerprint density at radius 2 is 1.95 bits per heavy atom. The lowest BCUT2D eigenvalue weighted by molar-refractivity contribution is 0.474. The number of fused-ring (bicyclic) bond motifs is 1. The summed E-state index contributed by atoms with van der Waals surface area (Å²) in [6.45, 7) is 0. The van der Waals surface area contributed by atoms with Gasteiger partial charge in [0.2, 0.25) is 0 Å². The molecule has 1 aliphatic rings. The second-order valence-corrected chi connectivity index (χ2v) is 5.19. The maximum absolute atomic E-state index is 9.70. The van der Waals surface area contributed by atoms with Crippen LogP contribution in [0.1, 0.15) is 22.7 Å². The zero-order valence-corrected chi connectivity index (χ0v) is 15.9. The number of hydrogen-bond donors (Lipinski definition) is 1. The Balaban J connectivity index is 0.00000121. The van der Waals surface area contributed by atoms with E-state index in [2.05, 4.69) is 4.98 Å². The van der Waals surface area contributed by atoms with Crippen molar-refractivity contribution in [2.45, 2.75) is 12.5 Å². The maximum Gasteiger partial charge on any atom is 0.115 e. The molecular formula is C16H19Br2N3O. The lowest BCUT2D eigenvalue weighted by Gasteiger charge is -2.27. The Bertz CT molecular complexity index is 660. The van der Waals surface area contributed by atoms with Crippen molar-refractivity contribution in [2.24, 2.45) is 4.99 Å². The molecule has 6 heteroatoms. The van der Waals surface area contributed by atoms with E-state index in [1.54, 1.807) is 12.3 Å². The van der Waals surface area contributed by atoms with Crippen LogP contribution in [0.15, 0.2) is 47.7 Å². The number of aromatic nitrogens is 1. The van der Waals surface area contributed by atoms with Gasteiger partial charge >= 0.3 is 0 Å². The molecule has 1 aromatic carbocycles. The van der Waals surface area contributed by atoms with Gasteiger partial charge in [0.25, 0.3) is 0 Å². The molecule has 3 rings (SSSR count). The lowest BCUT2D eigenvalue weighted by atomic mass is 9.91. The minimum absolute atomic E-state index is 0. The molecular weight excluding hydrogens is 410 g/mol. The van der Waals surface area contributed by atoms with Crippen molar-refractivity contribution in [1.29, 1.82) is 0 Å². The Morgan fingerprint density at radius 1 is 1.18 bits per heavy atom. The highest BCUT2D eigenvalue weighted by Gasteiger charge is 2.24. The fourth-order valence-corrected chi connectivity index (χ4v) is 2.51. The summed E-state index contributed by atoms with van der Waals surface area (Å²) in [4.78, 5) is 11.1. The molecule has 0 saturated heterocycles. The first-order chi connectivity index (χ1) is 9.65. The summed E-state index contributed by atoms with van der Waals surface area (Å²) in [7, 11) is 3.99. The number of halogens is 2. The predicted molar refractivity (Wildman–Crippen MR) is 99.7 cm³/mol. The molecule has 4 nitrogen and oxygen atoms in total. The van der Waals surface area contributed by atoms with E-state index in [1.165, 1.54) is 0 Å². The molecule has 1 atom stereocenters. The van der Waals surface area contributed by atoms with Gasteiger partial charge in [0.05, 0.1) is 0 Å². The van der Waals surface area contributed by atoms with Crippen molar-refractivity contribution >= 4 is 39.8 Å². The molecule has 2 heterocycles. The average molecular weight is 429 g/mol. The van der Waals surface area contributed by atoms with Gasteiger partial charge in [-0.15, -0.1) is 34.0 Å². The quantitative estimate of drug-likeness (QED) is 0.755. The number of nitrogens with zero attached hydrogens (tertiary/aromatic N) is 3. The molecule has 0 spiro atoms. The number of hydrogen-bond acceptors (Lipinski definition) is 4. The van der Waals surface area contributed by atoms with Crippen molar-refractivity contribution in [3.05, 3.63) is 59.4 Å². The van der Waals surface area contributed by atoms with E-state index >= 15 is 0 Å². The second-order valence-electron chi connectivity index (χ2n) is 5.19. The van der Waals surface area contributed by atoms with E-state index in [-0.39, 0.29) is 40.0 Å². The van der Waals surface area contributed by atoms with Crippen molar-refractivity contribution in [2.75, 3.05) is 14.1 Å². The molecule has 0 amide bonds. The largest absolute Gasteiger partial charge is 0.508 e. The van der Waals surface area contributed by atoms with E-state index < -0.39 is 0 Å². The van der Waals surface area contributed by atoms with Crippen LogP contribution in [0.25, 0.3) is 0 Å². The third-order valence-corrected chi connectivity index (χ3v) is 3.56. The molecule has 0 saturated carbocycles.